The molecule has 1 aromatic heterocycles. The van der Waals surface area contributed by atoms with Crippen LogP contribution in [0.5, 0.6) is 11.5 Å². The predicted octanol–water partition coefficient (Wildman–Crippen LogP) is 3.46. The number of carbonyl (C=O) groups is 1. The summed E-state index contributed by atoms with van der Waals surface area (Å²) >= 11 is 0. The van der Waals surface area contributed by atoms with Crippen LogP contribution in [0.25, 0.3) is 0 Å². The van der Waals surface area contributed by atoms with Crippen molar-refractivity contribution in [2.75, 3.05) is 20.2 Å². The number of pyridine rings is 1. The van der Waals surface area contributed by atoms with Gasteiger partial charge in [-0.2, -0.15) is 13.2 Å². The van der Waals surface area contributed by atoms with Crippen molar-refractivity contribution >= 4 is 5.91 Å². The van der Waals surface area contributed by atoms with Gasteiger partial charge in [-0.3, -0.25) is 9.78 Å². The van der Waals surface area contributed by atoms with Crippen molar-refractivity contribution in [1.29, 1.82) is 0 Å². The van der Waals surface area contributed by atoms with Gasteiger partial charge in [-0.15, -0.1) is 0 Å². The second-order valence-electron chi connectivity index (χ2n) is 6.68. The highest BCUT2D eigenvalue weighted by Gasteiger charge is 2.30. The van der Waals surface area contributed by atoms with Crippen LogP contribution in [-0.4, -0.2) is 47.2 Å². The standard InChI is InChI=1S/C20H23F3N2O4/c1-13(2)29-18-8-9-24-10-16(18)17(26)11-25(3)19(27)12-28-15-6-4-14(5-7-15)20(21,22)23/h4-10,13,17,26H,11-12H2,1-3H3. The largest absolute Gasteiger partial charge is 0.491 e. The van der Waals surface area contributed by atoms with Crippen molar-refractivity contribution in [2.45, 2.75) is 32.2 Å². The number of halogens is 3. The molecule has 1 amide bonds. The summed E-state index contributed by atoms with van der Waals surface area (Å²) in [6.45, 7) is 3.29. The fourth-order valence-corrected chi connectivity index (χ4v) is 2.46. The van der Waals surface area contributed by atoms with Gasteiger partial charge in [0.05, 0.1) is 18.2 Å². The molecule has 2 rings (SSSR count). The number of hydrogen-bond acceptors (Lipinski definition) is 5. The number of likely N-dealkylation sites (N-methyl/N-ethyl adjacent to an activating group) is 1. The second-order valence-corrected chi connectivity index (χ2v) is 6.68. The van der Waals surface area contributed by atoms with E-state index in [2.05, 4.69) is 4.98 Å². The molecule has 1 heterocycles. The maximum atomic E-state index is 12.6. The van der Waals surface area contributed by atoms with E-state index in [0.29, 0.717) is 11.3 Å². The van der Waals surface area contributed by atoms with Crippen molar-refractivity contribution < 1.29 is 32.5 Å². The summed E-state index contributed by atoms with van der Waals surface area (Å²) in [6.07, 6.45) is -2.55. The Morgan fingerprint density at radius 1 is 1.21 bits per heavy atom. The summed E-state index contributed by atoms with van der Waals surface area (Å²) in [7, 11) is 1.49. The third-order valence-corrected chi connectivity index (χ3v) is 3.95. The van der Waals surface area contributed by atoms with Crippen molar-refractivity contribution in [3.63, 3.8) is 0 Å². The lowest BCUT2D eigenvalue weighted by atomic mass is 10.1. The van der Waals surface area contributed by atoms with E-state index in [1.807, 2.05) is 13.8 Å². The lowest BCUT2D eigenvalue weighted by molar-refractivity contribution is -0.137. The number of hydrogen-bond donors (Lipinski definition) is 1. The first-order chi connectivity index (χ1) is 13.6. The van der Waals surface area contributed by atoms with Gasteiger partial charge in [0.2, 0.25) is 0 Å². The topological polar surface area (TPSA) is 71.9 Å². The van der Waals surface area contributed by atoms with Gasteiger partial charge in [-0.25, -0.2) is 0 Å². The van der Waals surface area contributed by atoms with Crippen molar-refractivity contribution in [3.05, 3.63) is 53.9 Å². The van der Waals surface area contributed by atoms with Crippen LogP contribution in [0.4, 0.5) is 13.2 Å². The molecule has 6 nitrogen and oxygen atoms in total. The molecular formula is C20H23F3N2O4. The number of aliphatic hydroxyl groups excluding tert-OH is 1. The zero-order valence-corrected chi connectivity index (χ0v) is 16.3. The van der Waals surface area contributed by atoms with E-state index in [1.54, 1.807) is 12.3 Å². The Bertz CT molecular complexity index is 810. The second kappa shape index (κ2) is 9.60. The van der Waals surface area contributed by atoms with E-state index in [9.17, 15) is 23.1 Å². The molecule has 0 aliphatic rings. The van der Waals surface area contributed by atoms with Gasteiger partial charge < -0.3 is 19.5 Å². The highest BCUT2D eigenvalue weighted by Crippen LogP contribution is 2.30. The average Bonchev–Trinajstić information content (AvgIpc) is 2.65. The van der Waals surface area contributed by atoms with Crippen molar-refractivity contribution in [3.8, 4) is 11.5 Å². The van der Waals surface area contributed by atoms with E-state index in [0.717, 1.165) is 24.3 Å². The SMILES string of the molecule is CC(C)Oc1ccncc1C(O)CN(C)C(=O)COc1ccc(C(F)(F)F)cc1. The monoisotopic (exact) mass is 412 g/mol. The zero-order chi connectivity index (χ0) is 21.6. The number of carbonyl (C=O) groups excluding carboxylic acids is 1. The fourth-order valence-electron chi connectivity index (χ4n) is 2.46. The Morgan fingerprint density at radius 3 is 2.45 bits per heavy atom. The minimum atomic E-state index is -4.44. The minimum Gasteiger partial charge on any atom is -0.491 e. The molecule has 1 atom stereocenters. The normalized spacial score (nSPS) is 12.6. The Kier molecular flexibility index (Phi) is 7.44. The molecule has 0 aliphatic heterocycles. The molecule has 0 radical (unpaired) electrons. The summed E-state index contributed by atoms with van der Waals surface area (Å²) in [5.74, 6) is 0.170. The van der Waals surface area contributed by atoms with Gasteiger partial charge in [0.15, 0.2) is 6.61 Å². The molecule has 1 unspecified atom stereocenters. The minimum absolute atomic E-state index is 0.0324. The smallest absolute Gasteiger partial charge is 0.416 e. The molecule has 158 valence electrons. The maximum Gasteiger partial charge on any atom is 0.416 e. The van der Waals surface area contributed by atoms with E-state index < -0.39 is 23.8 Å². The fraction of sp³-hybridized carbons (Fsp3) is 0.400. The zero-order valence-electron chi connectivity index (χ0n) is 16.3. The molecular weight excluding hydrogens is 389 g/mol. The number of ether oxygens (including phenoxy) is 2. The Morgan fingerprint density at radius 2 is 1.86 bits per heavy atom. The van der Waals surface area contributed by atoms with E-state index in [4.69, 9.17) is 9.47 Å². The summed E-state index contributed by atoms with van der Waals surface area (Å²) in [6, 6.07) is 5.69. The first-order valence-electron chi connectivity index (χ1n) is 8.90. The number of rotatable bonds is 8. The van der Waals surface area contributed by atoms with Crippen LogP contribution in [-0.2, 0) is 11.0 Å². The Labute approximate surface area is 166 Å². The highest BCUT2D eigenvalue weighted by molar-refractivity contribution is 5.77. The van der Waals surface area contributed by atoms with Crippen LogP contribution in [0.2, 0.25) is 0 Å². The van der Waals surface area contributed by atoms with Gasteiger partial charge in [0.25, 0.3) is 5.91 Å². The molecule has 0 bridgehead atoms. The number of benzene rings is 1. The molecule has 0 saturated heterocycles. The van der Waals surface area contributed by atoms with Gasteiger partial charge in [-0.1, -0.05) is 0 Å². The van der Waals surface area contributed by atoms with Gasteiger partial charge in [0.1, 0.15) is 17.6 Å². The summed E-state index contributed by atoms with van der Waals surface area (Å²) in [5, 5.41) is 10.5. The summed E-state index contributed by atoms with van der Waals surface area (Å²) < 4.78 is 48.6. The summed E-state index contributed by atoms with van der Waals surface area (Å²) in [4.78, 5) is 17.5. The Balaban J connectivity index is 1.92. The average molecular weight is 412 g/mol. The lowest BCUT2D eigenvalue weighted by Gasteiger charge is -2.23. The number of amides is 1. The maximum absolute atomic E-state index is 12.6. The van der Waals surface area contributed by atoms with Gasteiger partial charge >= 0.3 is 6.18 Å². The first kappa shape index (κ1) is 22.5. The van der Waals surface area contributed by atoms with Crippen LogP contribution in [0.15, 0.2) is 42.7 Å². The number of nitrogens with zero attached hydrogens (tertiary/aromatic N) is 2. The van der Waals surface area contributed by atoms with Gasteiger partial charge in [-0.05, 0) is 44.2 Å². The Hall–Kier alpha value is -2.81. The number of aromatic nitrogens is 1. The first-order valence-corrected chi connectivity index (χ1v) is 8.90. The lowest BCUT2D eigenvalue weighted by Crippen LogP contribution is -2.34. The quantitative estimate of drug-likeness (QED) is 0.719. The molecule has 0 spiro atoms. The van der Waals surface area contributed by atoms with Gasteiger partial charge in [0, 0.05) is 25.0 Å². The van der Waals surface area contributed by atoms with Crippen LogP contribution in [0.1, 0.15) is 31.1 Å². The predicted molar refractivity (Wildman–Crippen MR) is 99.5 cm³/mol. The van der Waals surface area contributed by atoms with E-state index in [-0.39, 0.29) is 25.0 Å². The molecule has 29 heavy (non-hydrogen) atoms. The van der Waals surface area contributed by atoms with Crippen molar-refractivity contribution in [1.82, 2.24) is 9.88 Å². The third kappa shape index (κ3) is 6.63. The highest BCUT2D eigenvalue weighted by atomic mass is 19.4. The third-order valence-electron chi connectivity index (χ3n) is 3.95. The van der Waals surface area contributed by atoms with Crippen molar-refractivity contribution in [2.24, 2.45) is 0 Å². The molecule has 1 aromatic carbocycles. The molecule has 0 aliphatic carbocycles. The number of aliphatic hydroxyl groups is 1. The van der Waals surface area contributed by atoms with Crippen LogP contribution >= 0.6 is 0 Å². The van der Waals surface area contributed by atoms with E-state index in [1.165, 1.54) is 18.1 Å². The van der Waals surface area contributed by atoms with Crippen LogP contribution in [0.3, 0.4) is 0 Å². The molecule has 0 saturated carbocycles. The summed E-state index contributed by atoms with van der Waals surface area (Å²) in [5.41, 5.74) is -0.350. The molecule has 2 aromatic rings. The molecule has 9 heteroatoms. The van der Waals surface area contributed by atoms with Crippen LogP contribution < -0.4 is 9.47 Å². The van der Waals surface area contributed by atoms with E-state index >= 15 is 0 Å². The number of alkyl halides is 3. The molecule has 0 fully saturated rings. The molecule has 1 N–H and O–H groups in total. The van der Waals surface area contributed by atoms with Crippen LogP contribution in [0, 0.1) is 0 Å².